The van der Waals surface area contributed by atoms with Crippen LogP contribution in [0.2, 0.25) is 5.02 Å². The summed E-state index contributed by atoms with van der Waals surface area (Å²) in [5.74, 6) is 0.862. The number of hydrogen-bond acceptors (Lipinski definition) is 7. The number of aromatic nitrogens is 2. The van der Waals surface area contributed by atoms with E-state index in [2.05, 4.69) is 43.2 Å². The molecule has 1 unspecified atom stereocenters. The Bertz CT molecular complexity index is 1060. The monoisotopic (exact) mass is 452 g/mol. The molecule has 2 aromatic heterocycles. The van der Waals surface area contributed by atoms with Crippen molar-refractivity contribution in [2.24, 2.45) is 9.98 Å². The van der Waals surface area contributed by atoms with Gasteiger partial charge in [0, 0.05) is 68.0 Å². The largest absolute Gasteiger partial charge is 0.393 e. The van der Waals surface area contributed by atoms with Gasteiger partial charge in [0.15, 0.2) is 0 Å². The number of rotatable bonds is 2. The van der Waals surface area contributed by atoms with Gasteiger partial charge in [-0.3, -0.25) is 15.0 Å². The molecule has 2 aliphatic rings. The smallest absolute Gasteiger partial charge is 0.129 e. The zero-order chi connectivity index (χ0) is 22.5. The lowest BCUT2D eigenvalue weighted by Gasteiger charge is -2.31. The van der Waals surface area contributed by atoms with Crippen molar-refractivity contribution < 1.29 is 5.11 Å². The Kier molecular flexibility index (Phi) is 7.17. The Morgan fingerprint density at radius 2 is 1.91 bits per heavy atom. The fourth-order valence-corrected chi connectivity index (χ4v) is 4.19. The van der Waals surface area contributed by atoms with Gasteiger partial charge in [0.25, 0.3) is 0 Å². The highest BCUT2D eigenvalue weighted by Crippen LogP contribution is 2.32. The van der Waals surface area contributed by atoms with Gasteiger partial charge >= 0.3 is 0 Å². The van der Waals surface area contributed by atoms with Gasteiger partial charge in [-0.2, -0.15) is 0 Å². The Balaban J connectivity index is 1.60. The first-order valence-electron chi connectivity index (χ1n) is 11.0. The van der Waals surface area contributed by atoms with Crippen molar-refractivity contribution in [2.75, 3.05) is 31.1 Å². The molecule has 8 heteroatoms. The molecule has 0 fully saturated rings. The van der Waals surface area contributed by atoms with Crippen LogP contribution in [0.3, 0.4) is 0 Å². The lowest BCUT2D eigenvalue weighted by atomic mass is 10.0. The van der Waals surface area contributed by atoms with Crippen molar-refractivity contribution in [1.29, 1.82) is 0 Å². The van der Waals surface area contributed by atoms with Gasteiger partial charge in [0.05, 0.1) is 23.2 Å². The summed E-state index contributed by atoms with van der Waals surface area (Å²) in [5, 5.41) is 13.9. The van der Waals surface area contributed by atoms with Crippen LogP contribution in [0, 0.1) is 13.8 Å². The SMILES string of the molecule is Cc1cnc(-c2cc(N3CCC4=C(C=NCCC(O)CCN=CN4)C3)ncc2Cl)c(C)c1. The van der Waals surface area contributed by atoms with Gasteiger partial charge in [0.1, 0.15) is 5.82 Å². The van der Waals surface area contributed by atoms with Crippen molar-refractivity contribution in [1.82, 2.24) is 15.3 Å². The molecule has 0 bridgehead atoms. The van der Waals surface area contributed by atoms with Crippen molar-refractivity contribution in [3.05, 3.63) is 51.9 Å². The molecule has 0 saturated carbocycles. The number of aliphatic imine (C=N–C) groups is 2. The summed E-state index contributed by atoms with van der Waals surface area (Å²) in [6, 6.07) is 4.14. The highest BCUT2D eigenvalue weighted by Gasteiger charge is 2.21. The van der Waals surface area contributed by atoms with Gasteiger partial charge in [0.2, 0.25) is 0 Å². The minimum Gasteiger partial charge on any atom is -0.393 e. The molecule has 2 aliphatic heterocycles. The van der Waals surface area contributed by atoms with E-state index in [0.717, 1.165) is 52.4 Å². The fraction of sp³-hybridized carbons (Fsp3) is 0.417. The topological polar surface area (TPSA) is 86.0 Å². The van der Waals surface area contributed by atoms with Crippen molar-refractivity contribution in [2.45, 2.75) is 39.2 Å². The molecule has 32 heavy (non-hydrogen) atoms. The minimum absolute atomic E-state index is 0.365. The third kappa shape index (κ3) is 5.34. The van der Waals surface area contributed by atoms with Crippen LogP contribution < -0.4 is 10.2 Å². The van der Waals surface area contributed by atoms with E-state index in [9.17, 15) is 5.11 Å². The highest BCUT2D eigenvalue weighted by molar-refractivity contribution is 6.33. The summed E-state index contributed by atoms with van der Waals surface area (Å²) < 4.78 is 0. The molecule has 4 heterocycles. The van der Waals surface area contributed by atoms with Crippen molar-refractivity contribution in [3.63, 3.8) is 0 Å². The molecule has 7 nitrogen and oxygen atoms in total. The molecule has 0 radical (unpaired) electrons. The van der Waals surface area contributed by atoms with E-state index in [1.165, 1.54) is 0 Å². The average Bonchev–Trinajstić information content (AvgIpc) is 2.77. The first-order valence-corrected chi connectivity index (χ1v) is 11.4. The van der Waals surface area contributed by atoms with Crippen LogP contribution in [0.4, 0.5) is 5.82 Å². The van der Waals surface area contributed by atoms with E-state index in [1.54, 1.807) is 12.5 Å². The summed E-state index contributed by atoms with van der Waals surface area (Å²) >= 11 is 6.51. The zero-order valence-electron chi connectivity index (χ0n) is 18.6. The lowest BCUT2D eigenvalue weighted by Crippen LogP contribution is -2.36. The minimum atomic E-state index is -0.365. The molecule has 1 atom stereocenters. The third-order valence-corrected chi connectivity index (χ3v) is 6.08. The van der Waals surface area contributed by atoms with Gasteiger partial charge in [-0.25, -0.2) is 4.98 Å². The quantitative estimate of drug-likeness (QED) is 0.725. The van der Waals surface area contributed by atoms with Crippen LogP contribution in [-0.4, -0.2) is 59.9 Å². The normalized spacial score (nSPS) is 19.8. The van der Waals surface area contributed by atoms with Gasteiger partial charge in [-0.1, -0.05) is 17.7 Å². The van der Waals surface area contributed by atoms with E-state index in [4.69, 9.17) is 11.6 Å². The second-order valence-corrected chi connectivity index (χ2v) is 8.73. The maximum atomic E-state index is 9.98. The molecular weight excluding hydrogens is 424 g/mol. The van der Waals surface area contributed by atoms with E-state index in [0.29, 0.717) is 37.5 Å². The molecule has 0 amide bonds. The number of halogens is 1. The molecule has 0 aromatic carbocycles. The van der Waals surface area contributed by atoms with E-state index in [-0.39, 0.29) is 6.10 Å². The van der Waals surface area contributed by atoms with Gasteiger partial charge < -0.3 is 15.3 Å². The Morgan fingerprint density at radius 3 is 2.72 bits per heavy atom. The van der Waals surface area contributed by atoms with Crippen LogP contribution in [0.15, 0.2) is 45.8 Å². The van der Waals surface area contributed by atoms with E-state index >= 15 is 0 Å². The number of anilines is 1. The second-order valence-electron chi connectivity index (χ2n) is 8.32. The maximum absolute atomic E-state index is 9.98. The number of nitrogens with one attached hydrogen (secondary N) is 1. The number of aryl methyl sites for hydroxylation is 2. The van der Waals surface area contributed by atoms with Crippen molar-refractivity contribution >= 4 is 30.0 Å². The Hall–Kier alpha value is -2.77. The number of pyridine rings is 2. The average molecular weight is 453 g/mol. The van der Waals surface area contributed by atoms with Crippen LogP contribution in [0.1, 0.15) is 30.4 Å². The van der Waals surface area contributed by atoms with Crippen molar-refractivity contribution in [3.8, 4) is 11.3 Å². The molecule has 0 aliphatic carbocycles. The second kappa shape index (κ2) is 10.2. The molecule has 4 rings (SSSR count). The molecular formula is C24H29ClN6O. The maximum Gasteiger partial charge on any atom is 0.129 e. The predicted molar refractivity (Wildman–Crippen MR) is 131 cm³/mol. The Labute approximate surface area is 194 Å². The first-order chi connectivity index (χ1) is 15.5. The number of aliphatic hydroxyl groups is 1. The zero-order valence-corrected chi connectivity index (χ0v) is 19.3. The fourth-order valence-electron chi connectivity index (χ4n) is 4.00. The number of nitrogens with zero attached hydrogens (tertiary/aromatic N) is 5. The van der Waals surface area contributed by atoms with Crippen LogP contribution in [-0.2, 0) is 0 Å². The van der Waals surface area contributed by atoms with Gasteiger partial charge in [-0.15, -0.1) is 0 Å². The first kappa shape index (κ1) is 22.4. The standard InChI is InChI=1S/C24H29ClN6O/c1-16-9-17(2)24(29-11-16)20-10-23(28-13-21(20)25)31-8-5-22-18(14-31)12-26-6-3-19(32)4-7-27-15-30-22/h9-13,15,19,32H,3-8,14H2,1-2H3,(H,27,30). The summed E-state index contributed by atoms with van der Waals surface area (Å²) in [4.78, 5) is 20.4. The molecule has 2 N–H and O–H groups in total. The van der Waals surface area contributed by atoms with Gasteiger partial charge in [-0.05, 0) is 43.9 Å². The lowest BCUT2D eigenvalue weighted by molar-refractivity contribution is 0.160. The van der Waals surface area contributed by atoms with E-state index < -0.39 is 0 Å². The molecule has 2 aromatic rings. The van der Waals surface area contributed by atoms with E-state index in [1.807, 2.05) is 25.4 Å². The summed E-state index contributed by atoms with van der Waals surface area (Å²) in [5.41, 5.74) is 6.20. The summed E-state index contributed by atoms with van der Waals surface area (Å²) in [7, 11) is 0. The highest BCUT2D eigenvalue weighted by atomic mass is 35.5. The van der Waals surface area contributed by atoms with Crippen LogP contribution in [0.25, 0.3) is 11.3 Å². The number of aliphatic hydroxyl groups excluding tert-OH is 1. The summed E-state index contributed by atoms with van der Waals surface area (Å²) in [6.45, 7) is 6.79. The molecule has 0 spiro atoms. The van der Waals surface area contributed by atoms with Crippen LogP contribution >= 0.6 is 11.6 Å². The Morgan fingerprint density at radius 1 is 1.09 bits per heavy atom. The summed E-state index contributed by atoms with van der Waals surface area (Å²) in [6.07, 6.45) is 8.99. The molecule has 168 valence electrons. The third-order valence-electron chi connectivity index (χ3n) is 5.78. The predicted octanol–water partition coefficient (Wildman–Crippen LogP) is 3.72. The van der Waals surface area contributed by atoms with Crippen LogP contribution in [0.5, 0.6) is 0 Å². The molecule has 0 saturated heterocycles. The number of hydrogen-bond donors (Lipinski definition) is 2.